The lowest BCUT2D eigenvalue weighted by molar-refractivity contribution is -0.117. The first-order chi connectivity index (χ1) is 16.0. The minimum atomic E-state index is -0.195. The zero-order chi connectivity index (χ0) is 23.2. The molecule has 1 saturated heterocycles. The van der Waals surface area contributed by atoms with Gasteiger partial charge in [-0.1, -0.05) is 12.1 Å². The quantitative estimate of drug-likeness (QED) is 0.576. The molecule has 0 radical (unpaired) electrons. The van der Waals surface area contributed by atoms with E-state index in [1.54, 1.807) is 36.1 Å². The number of carbonyl (C=O) groups is 2. The number of nitrogens with one attached hydrogen (secondary N) is 2. The average Bonchev–Trinajstić information content (AvgIpc) is 3.24. The van der Waals surface area contributed by atoms with Crippen LogP contribution < -0.4 is 20.3 Å². The SMILES string of the molecule is COc1ccc(-c2cn(CC(=O)Nc3ccc(NC(C)=O)cc3)nc2N2CCOCC2)cc1. The van der Waals surface area contributed by atoms with E-state index < -0.39 is 0 Å². The molecule has 172 valence electrons. The van der Waals surface area contributed by atoms with Crippen molar-refractivity contribution in [3.63, 3.8) is 0 Å². The van der Waals surface area contributed by atoms with Crippen LogP contribution in [0.15, 0.2) is 54.7 Å². The van der Waals surface area contributed by atoms with Crippen LogP contribution >= 0.6 is 0 Å². The lowest BCUT2D eigenvalue weighted by Gasteiger charge is -2.27. The molecule has 1 aromatic heterocycles. The number of morpholine rings is 1. The van der Waals surface area contributed by atoms with E-state index in [1.807, 2.05) is 30.5 Å². The molecule has 0 atom stereocenters. The molecule has 2 N–H and O–H groups in total. The van der Waals surface area contributed by atoms with Gasteiger partial charge in [0.2, 0.25) is 11.8 Å². The van der Waals surface area contributed by atoms with Crippen molar-refractivity contribution in [1.29, 1.82) is 0 Å². The molecule has 1 fully saturated rings. The summed E-state index contributed by atoms with van der Waals surface area (Å²) in [7, 11) is 1.64. The van der Waals surface area contributed by atoms with Crippen molar-refractivity contribution >= 4 is 29.0 Å². The van der Waals surface area contributed by atoms with E-state index in [1.165, 1.54) is 6.92 Å². The summed E-state index contributed by atoms with van der Waals surface area (Å²) in [6.07, 6.45) is 1.89. The van der Waals surface area contributed by atoms with Crippen LogP contribution in [0.1, 0.15) is 6.92 Å². The topological polar surface area (TPSA) is 97.7 Å². The van der Waals surface area contributed by atoms with Gasteiger partial charge in [-0.2, -0.15) is 5.10 Å². The summed E-state index contributed by atoms with van der Waals surface area (Å²) in [5, 5.41) is 10.3. The summed E-state index contributed by atoms with van der Waals surface area (Å²) < 4.78 is 12.4. The molecule has 3 aromatic rings. The standard InChI is InChI=1S/C24H27N5O4/c1-17(30)25-19-5-7-20(8-6-19)26-23(31)16-29-15-22(18-3-9-21(32-2)10-4-18)24(27-29)28-11-13-33-14-12-28/h3-10,15H,11-14,16H2,1-2H3,(H,25,30)(H,26,31). The van der Waals surface area contributed by atoms with Crippen molar-refractivity contribution in [2.24, 2.45) is 0 Å². The number of hydrogen-bond acceptors (Lipinski definition) is 6. The van der Waals surface area contributed by atoms with Gasteiger partial charge in [0.25, 0.3) is 0 Å². The molecule has 9 nitrogen and oxygen atoms in total. The molecule has 0 aliphatic carbocycles. The van der Waals surface area contributed by atoms with E-state index in [9.17, 15) is 9.59 Å². The minimum Gasteiger partial charge on any atom is -0.497 e. The molecule has 0 unspecified atom stereocenters. The van der Waals surface area contributed by atoms with Crippen molar-refractivity contribution in [2.45, 2.75) is 13.5 Å². The van der Waals surface area contributed by atoms with Crippen molar-refractivity contribution in [1.82, 2.24) is 9.78 Å². The number of anilines is 3. The Bertz CT molecular complexity index is 1100. The van der Waals surface area contributed by atoms with Crippen LogP contribution in [0.4, 0.5) is 17.2 Å². The fraction of sp³-hybridized carbons (Fsp3) is 0.292. The average molecular weight is 450 g/mol. The number of hydrogen-bond donors (Lipinski definition) is 2. The number of nitrogens with zero attached hydrogens (tertiary/aromatic N) is 3. The van der Waals surface area contributed by atoms with E-state index >= 15 is 0 Å². The number of carbonyl (C=O) groups excluding carboxylic acids is 2. The van der Waals surface area contributed by atoms with Crippen molar-refractivity contribution in [2.75, 3.05) is 48.9 Å². The highest BCUT2D eigenvalue weighted by atomic mass is 16.5. The van der Waals surface area contributed by atoms with Gasteiger partial charge in [-0.15, -0.1) is 0 Å². The summed E-state index contributed by atoms with van der Waals surface area (Å²) >= 11 is 0. The predicted octanol–water partition coefficient (Wildman–Crippen LogP) is 2.99. The third-order valence-electron chi connectivity index (χ3n) is 5.25. The minimum absolute atomic E-state index is 0.0704. The Morgan fingerprint density at radius 2 is 1.64 bits per heavy atom. The number of methoxy groups -OCH3 is 1. The number of ether oxygens (including phenoxy) is 2. The molecule has 4 rings (SSSR count). The molecule has 9 heteroatoms. The molecular formula is C24H27N5O4. The molecular weight excluding hydrogens is 422 g/mol. The summed E-state index contributed by atoms with van der Waals surface area (Å²) in [4.78, 5) is 26.0. The zero-order valence-electron chi connectivity index (χ0n) is 18.7. The molecule has 2 heterocycles. The highest BCUT2D eigenvalue weighted by Gasteiger charge is 2.21. The van der Waals surface area contributed by atoms with Crippen molar-refractivity contribution in [3.05, 3.63) is 54.7 Å². The Hall–Kier alpha value is -3.85. The van der Waals surface area contributed by atoms with Crippen molar-refractivity contribution < 1.29 is 19.1 Å². The van der Waals surface area contributed by atoms with Gasteiger partial charge in [-0.05, 0) is 42.0 Å². The van der Waals surface area contributed by atoms with Crippen LogP contribution in [-0.2, 0) is 20.9 Å². The molecule has 1 aliphatic rings. The van der Waals surface area contributed by atoms with E-state index in [2.05, 4.69) is 15.5 Å². The number of aromatic nitrogens is 2. The Balaban J connectivity index is 1.51. The first-order valence-corrected chi connectivity index (χ1v) is 10.7. The number of amides is 2. The molecule has 2 aromatic carbocycles. The van der Waals surface area contributed by atoms with Crippen LogP contribution in [0.3, 0.4) is 0 Å². The Morgan fingerprint density at radius 3 is 2.24 bits per heavy atom. The molecule has 33 heavy (non-hydrogen) atoms. The third-order valence-corrected chi connectivity index (χ3v) is 5.25. The molecule has 0 spiro atoms. The zero-order valence-corrected chi connectivity index (χ0v) is 18.7. The highest BCUT2D eigenvalue weighted by molar-refractivity contribution is 5.92. The number of rotatable bonds is 7. The molecule has 1 aliphatic heterocycles. The van der Waals surface area contributed by atoms with Gasteiger partial charge in [0, 0.05) is 43.1 Å². The Kier molecular flexibility index (Phi) is 6.89. The van der Waals surface area contributed by atoms with E-state index in [0.717, 1.165) is 35.8 Å². The second kappa shape index (κ2) is 10.2. The maximum Gasteiger partial charge on any atom is 0.246 e. The van der Waals surface area contributed by atoms with Crippen LogP contribution in [0.2, 0.25) is 0 Å². The van der Waals surface area contributed by atoms with Crippen LogP contribution in [-0.4, -0.2) is 55.0 Å². The first-order valence-electron chi connectivity index (χ1n) is 10.7. The Labute approximate surface area is 192 Å². The monoisotopic (exact) mass is 449 g/mol. The van der Waals surface area contributed by atoms with Gasteiger partial charge < -0.3 is 25.0 Å². The third kappa shape index (κ3) is 5.69. The van der Waals surface area contributed by atoms with Gasteiger partial charge >= 0.3 is 0 Å². The summed E-state index contributed by atoms with van der Waals surface area (Å²) in [5.41, 5.74) is 3.27. The number of benzene rings is 2. The molecule has 0 saturated carbocycles. The maximum absolute atomic E-state index is 12.7. The summed E-state index contributed by atoms with van der Waals surface area (Å²) in [6.45, 7) is 4.29. The molecule has 2 amide bonds. The highest BCUT2D eigenvalue weighted by Crippen LogP contribution is 2.31. The predicted molar refractivity (Wildman–Crippen MR) is 127 cm³/mol. The summed E-state index contributed by atoms with van der Waals surface area (Å²) in [5.74, 6) is 1.27. The van der Waals surface area contributed by atoms with Crippen molar-refractivity contribution in [3.8, 4) is 16.9 Å². The van der Waals surface area contributed by atoms with Crippen LogP contribution in [0, 0.1) is 0 Å². The van der Waals surface area contributed by atoms with Crippen LogP contribution in [0.5, 0.6) is 5.75 Å². The van der Waals surface area contributed by atoms with E-state index in [4.69, 9.17) is 14.6 Å². The maximum atomic E-state index is 12.7. The van der Waals surface area contributed by atoms with E-state index in [0.29, 0.717) is 24.6 Å². The first kappa shape index (κ1) is 22.3. The fourth-order valence-electron chi connectivity index (χ4n) is 3.66. The molecule has 0 bridgehead atoms. The lowest BCUT2D eigenvalue weighted by Crippen LogP contribution is -2.36. The summed E-state index contributed by atoms with van der Waals surface area (Å²) in [6, 6.07) is 14.8. The van der Waals surface area contributed by atoms with Crippen LogP contribution in [0.25, 0.3) is 11.1 Å². The normalized spacial score (nSPS) is 13.5. The Morgan fingerprint density at radius 1 is 1.00 bits per heavy atom. The van der Waals surface area contributed by atoms with Gasteiger partial charge in [-0.3, -0.25) is 14.3 Å². The second-order valence-electron chi connectivity index (χ2n) is 7.70. The smallest absolute Gasteiger partial charge is 0.246 e. The largest absolute Gasteiger partial charge is 0.497 e. The van der Waals surface area contributed by atoms with Gasteiger partial charge in [-0.25, -0.2) is 0 Å². The van der Waals surface area contributed by atoms with Gasteiger partial charge in [0.1, 0.15) is 12.3 Å². The van der Waals surface area contributed by atoms with E-state index in [-0.39, 0.29) is 18.4 Å². The lowest BCUT2D eigenvalue weighted by atomic mass is 10.1. The second-order valence-corrected chi connectivity index (χ2v) is 7.70. The van der Waals surface area contributed by atoms with Gasteiger partial charge in [0.15, 0.2) is 5.82 Å². The van der Waals surface area contributed by atoms with Gasteiger partial charge in [0.05, 0.1) is 20.3 Å². The fourth-order valence-corrected chi connectivity index (χ4v) is 3.66.